The highest BCUT2D eigenvalue weighted by Crippen LogP contribution is 2.42. The van der Waals surface area contributed by atoms with E-state index in [2.05, 4.69) is 20.1 Å². The van der Waals surface area contributed by atoms with Crippen molar-refractivity contribution in [2.75, 3.05) is 139 Å². The summed E-state index contributed by atoms with van der Waals surface area (Å²) in [6, 6.07) is 0. The van der Waals surface area contributed by atoms with Gasteiger partial charge in [-0.3, -0.25) is 0 Å². The van der Waals surface area contributed by atoms with E-state index in [0.717, 1.165) is 0 Å². The number of rotatable bonds is 22. The second-order valence-electron chi connectivity index (χ2n) is 22.8. The van der Waals surface area contributed by atoms with E-state index in [1.165, 1.54) is 92.4 Å². The van der Waals surface area contributed by atoms with Gasteiger partial charge in [-0.15, -0.1) is 0 Å². The summed E-state index contributed by atoms with van der Waals surface area (Å²) in [6.07, 6.45) is -46.3. The number of nitrogens with zero attached hydrogens (tertiary/aromatic N) is 6. The fourth-order valence-electron chi connectivity index (χ4n) is 13.8. The average Bonchev–Trinajstić information content (AvgIpc) is 0.776. The lowest BCUT2D eigenvalue weighted by molar-refractivity contribution is -0.400. The fourth-order valence-corrected chi connectivity index (χ4v) is 13.8. The SMILES string of the molecule is COC1C2OC(CN=[N+]=[N-])C(OC3OC(CO)C(OC4OC(CO)C(OC5OC(CO)C(OC6OC(CN=[N+]=[N-])C(OC7OC(CO)C(OC8OC(CO)C(O2)C(OC)C8OC)C(OC)C7OC)C(OC)C6OC)C(OC)C5OC)C(OC)C4OC)C(OC)C3O)C1OC. The van der Waals surface area contributed by atoms with E-state index >= 15 is 0 Å². The Balaban J connectivity index is 1.21. The highest BCUT2D eigenvalue weighted by Gasteiger charge is 2.62. The highest BCUT2D eigenvalue weighted by molar-refractivity contribution is 5.04. The fraction of sp³-hybridized carbons (Fsp3) is 1.00. The zero-order valence-electron chi connectivity index (χ0n) is 54.5. The van der Waals surface area contributed by atoms with Crippen LogP contribution < -0.4 is 0 Å². The van der Waals surface area contributed by atoms with Crippen LogP contribution in [0.15, 0.2) is 10.2 Å². The Morgan fingerprint density at radius 3 is 0.617 bits per heavy atom. The number of hydrogen-bond acceptors (Lipinski definition) is 35. The summed E-state index contributed by atoms with van der Waals surface area (Å²) in [4.78, 5) is 5.92. The van der Waals surface area contributed by atoms with Crippen LogP contribution in [0.25, 0.3) is 20.9 Å². The molecule has 21 saturated heterocycles. The molecule has 0 aromatic carbocycles. The van der Waals surface area contributed by atoms with Crippen LogP contribution in [0.1, 0.15) is 0 Å². The molecule has 0 aromatic heterocycles. The van der Waals surface area contributed by atoms with Crippen LogP contribution in [0.4, 0.5) is 0 Å². The van der Waals surface area contributed by atoms with Crippen molar-refractivity contribution in [3.05, 3.63) is 20.9 Å². The lowest BCUT2D eigenvalue weighted by atomic mass is 9.94. The molecule has 35 atom stereocenters. The lowest BCUT2D eigenvalue weighted by Crippen LogP contribution is -2.69. The Labute approximate surface area is 541 Å². The second-order valence-corrected chi connectivity index (χ2v) is 22.8. The van der Waals surface area contributed by atoms with Crippen LogP contribution >= 0.6 is 0 Å². The largest absolute Gasteiger partial charge is 0.394 e. The van der Waals surface area contributed by atoms with Crippen LogP contribution in [0.2, 0.25) is 0 Å². The summed E-state index contributed by atoms with van der Waals surface area (Å²) in [5.74, 6) is 0. The predicted molar refractivity (Wildman–Crippen MR) is 305 cm³/mol. The molecule has 0 amide bonds. The third kappa shape index (κ3) is 15.9. The molecule has 0 saturated carbocycles. The van der Waals surface area contributed by atoms with Crippen LogP contribution in [0, 0.1) is 0 Å². The smallest absolute Gasteiger partial charge is 0.187 e. The van der Waals surface area contributed by atoms with Gasteiger partial charge in [0.1, 0.15) is 159 Å². The van der Waals surface area contributed by atoms with Gasteiger partial charge in [-0.25, -0.2) is 0 Å². The summed E-state index contributed by atoms with van der Waals surface area (Å²) in [5.41, 5.74) is 19.3. The molecule has 39 heteroatoms. The van der Waals surface area contributed by atoms with Gasteiger partial charge in [0, 0.05) is 102 Å². The van der Waals surface area contributed by atoms with E-state index in [1.54, 1.807) is 0 Å². The molecule has 0 aromatic rings. The lowest BCUT2D eigenvalue weighted by Gasteiger charge is -2.52. The topological polar surface area (TPSA) is 468 Å². The second kappa shape index (κ2) is 36.6. The first-order valence-electron chi connectivity index (χ1n) is 30.4. The standard InChI is InChI=1S/C55H94N6O33/c1-68-36-28(67)49-83-23(16-62)31(36)90-53-46(78-11)42(74-7)35(27(20-66)85-53)94-55-48(80-13)40(72-5)33(25(18-64)87-55)92-51-44(76-9)38(70-3)30(22(82-51)15-59-61-57)89-52-45(77-10)41(73-6)34(26(19-65)84-52)93-54-47(79-12)39(71-4)32(24(17-63)86-54)91-50-43(75-8)37(69-2)29(88-49)21(81-50)14-58-60-56/h21-55,62-67H,14-20H2,1-13H3. The van der Waals surface area contributed by atoms with Gasteiger partial charge in [0.05, 0.1) is 58.3 Å². The number of hydrogen-bond donors (Lipinski definition) is 6. The maximum atomic E-state index is 12.2. The Kier molecular flexibility index (Phi) is 30.0. The van der Waals surface area contributed by atoms with Crippen molar-refractivity contribution < 1.29 is 159 Å². The van der Waals surface area contributed by atoms with Crippen LogP contribution in [-0.2, 0) is 128 Å². The van der Waals surface area contributed by atoms with E-state index in [9.17, 15) is 41.7 Å². The molecule has 39 nitrogen and oxygen atoms in total. The number of aliphatic hydroxyl groups is 6. The van der Waals surface area contributed by atoms with Crippen molar-refractivity contribution >= 4 is 0 Å². The molecular formula is C55H94N6O33. The summed E-state index contributed by atoms with van der Waals surface area (Å²) in [7, 11) is 17.4. The van der Waals surface area contributed by atoms with E-state index in [-0.39, 0.29) is 0 Å². The van der Waals surface area contributed by atoms with Gasteiger partial charge < -0.3 is 159 Å². The molecule has 21 aliphatic rings. The third-order valence-corrected chi connectivity index (χ3v) is 18.3. The molecule has 0 aliphatic carbocycles. The monoisotopic (exact) mass is 1370 g/mol. The van der Waals surface area contributed by atoms with Crippen molar-refractivity contribution in [2.24, 2.45) is 10.2 Å². The number of ether oxygens (including phenoxy) is 27. The summed E-state index contributed by atoms with van der Waals surface area (Å²) in [6.45, 7) is -4.52. The van der Waals surface area contributed by atoms with E-state index in [0.29, 0.717) is 0 Å². The number of aliphatic hydroxyl groups excluding tert-OH is 6. The molecule has 542 valence electrons. The van der Waals surface area contributed by atoms with Crippen LogP contribution in [0.3, 0.4) is 0 Å². The minimum absolute atomic E-state index is 0.401. The molecule has 0 spiro atoms. The molecule has 21 rings (SSSR count). The molecule has 0 radical (unpaired) electrons. The normalized spacial score (nSPS) is 47.2. The molecule has 21 aliphatic heterocycles. The zero-order chi connectivity index (χ0) is 68.1. The van der Waals surface area contributed by atoms with E-state index < -0.39 is 261 Å². The average molecular weight is 1370 g/mol. The van der Waals surface area contributed by atoms with E-state index in [4.69, 9.17) is 128 Å². The maximum Gasteiger partial charge on any atom is 0.187 e. The molecule has 35 unspecified atom stereocenters. The molecular weight excluding hydrogens is 1270 g/mol. The predicted octanol–water partition coefficient (Wildman–Crippen LogP) is -4.09. The summed E-state index contributed by atoms with van der Waals surface area (Å²) in [5, 5.41) is 75.4. The van der Waals surface area contributed by atoms with Gasteiger partial charge in [-0.1, -0.05) is 10.2 Å². The first kappa shape index (κ1) is 77.0. The minimum Gasteiger partial charge on any atom is -0.394 e. The molecule has 14 bridgehead atoms. The van der Waals surface area contributed by atoms with Gasteiger partial charge in [-0.2, -0.15) is 0 Å². The molecule has 6 N–H and O–H groups in total. The Bertz CT molecular complexity index is 2350. The van der Waals surface area contributed by atoms with E-state index in [1.807, 2.05) is 0 Å². The number of azide groups is 2. The van der Waals surface area contributed by atoms with Crippen molar-refractivity contribution in [3.8, 4) is 0 Å². The van der Waals surface area contributed by atoms with Gasteiger partial charge in [0.25, 0.3) is 0 Å². The summed E-state index contributed by atoms with van der Waals surface area (Å²) < 4.78 is 170. The molecule has 94 heavy (non-hydrogen) atoms. The quantitative estimate of drug-likeness (QED) is 0.0341. The molecule has 21 fully saturated rings. The first-order valence-corrected chi connectivity index (χ1v) is 30.4. The van der Waals surface area contributed by atoms with Gasteiger partial charge in [0.2, 0.25) is 0 Å². The van der Waals surface area contributed by atoms with Crippen LogP contribution in [0.5, 0.6) is 0 Å². The maximum absolute atomic E-state index is 12.2. The third-order valence-electron chi connectivity index (χ3n) is 18.3. The molecule has 21 heterocycles. The van der Waals surface area contributed by atoms with Crippen molar-refractivity contribution in [3.63, 3.8) is 0 Å². The van der Waals surface area contributed by atoms with Crippen molar-refractivity contribution in [1.29, 1.82) is 0 Å². The minimum atomic E-state index is -1.75. The van der Waals surface area contributed by atoms with Gasteiger partial charge >= 0.3 is 0 Å². The Hall–Kier alpha value is -2.70. The van der Waals surface area contributed by atoms with Crippen LogP contribution in [-0.4, -0.2) is 384 Å². The Morgan fingerprint density at radius 1 is 0.255 bits per heavy atom. The Morgan fingerprint density at radius 2 is 0.426 bits per heavy atom. The number of methoxy groups -OCH3 is 13. The van der Waals surface area contributed by atoms with Gasteiger partial charge in [-0.05, 0) is 11.1 Å². The zero-order valence-corrected chi connectivity index (χ0v) is 54.5. The van der Waals surface area contributed by atoms with Crippen molar-refractivity contribution in [2.45, 2.75) is 215 Å². The highest BCUT2D eigenvalue weighted by atomic mass is 16.8. The van der Waals surface area contributed by atoms with Crippen molar-refractivity contribution in [1.82, 2.24) is 0 Å². The van der Waals surface area contributed by atoms with Gasteiger partial charge in [0.15, 0.2) is 44.0 Å². The first-order chi connectivity index (χ1) is 45.6. The summed E-state index contributed by atoms with van der Waals surface area (Å²) >= 11 is 0.